The van der Waals surface area contributed by atoms with Gasteiger partial charge in [-0.15, -0.1) is 11.6 Å². The number of benzene rings is 1. The van der Waals surface area contributed by atoms with Crippen molar-refractivity contribution < 1.29 is 0 Å². The van der Waals surface area contributed by atoms with Crippen LogP contribution in [0.4, 0.5) is 5.69 Å². The molecule has 0 unspecified atom stereocenters. The van der Waals surface area contributed by atoms with E-state index in [-0.39, 0.29) is 0 Å². The maximum atomic E-state index is 5.75. The van der Waals surface area contributed by atoms with Crippen molar-refractivity contribution in [3.8, 4) is 0 Å². The summed E-state index contributed by atoms with van der Waals surface area (Å²) in [5.74, 6) is 0.708. The Labute approximate surface area is 139 Å². The molecule has 0 aliphatic rings. The van der Waals surface area contributed by atoms with Crippen molar-refractivity contribution in [1.82, 2.24) is 9.78 Å². The molecule has 0 aliphatic heterocycles. The molecule has 1 N–H and O–H groups in total. The molecule has 3 nitrogen and oxygen atoms in total. The average Bonchev–Trinajstić information content (AvgIpc) is 2.77. The van der Waals surface area contributed by atoms with Crippen molar-refractivity contribution in [1.29, 1.82) is 0 Å². The van der Waals surface area contributed by atoms with Crippen LogP contribution in [0.15, 0.2) is 28.7 Å². The van der Waals surface area contributed by atoms with Gasteiger partial charge in [-0.25, -0.2) is 0 Å². The zero-order chi connectivity index (χ0) is 15.2. The highest BCUT2D eigenvalue weighted by Crippen LogP contribution is 2.23. The van der Waals surface area contributed by atoms with Crippen LogP contribution in [0.3, 0.4) is 0 Å². The molecule has 1 aromatic carbocycles. The molecule has 0 aliphatic carbocycles. The Balaban J connectivity index is 2.04. The molecule has 2 rings (SSSR count). The maximum Gasteiger partial charge on any atom is 0.0767 e. The highest BCUT2D eigenvalue weighted by Gasteiger charge is 2.11. The Morgan fingerprint density at radius 2 is 2.19 bits per heavy atom. The third kappa shape index (κ3) is 4.24. The van der Waals surface area contributed by atoms with Crippen LogP contribution in [0, 0.1) is 0 Å². The molecule has 1 heterocycles. The normalized spacial score (nSPS) is 10.9. The van der Waals surface area contributed by atoms with Gasteiger partial charge in [0.25, 0.3) is 0 Å². The summed E-state index contributed by atoms with van der Waals surface area (Å²) in [5.41, 5.74) is 4.72. The Kier molecular flexibility index (Phi) is 6.12. The highest BCUT2D eigenvalue weighted by atomic mass is 79.9. The second-order valence-electron chi connectivity index (χ2n) is 5.03. The van der Waals surface area contributed by atoms with Gasteiger partial charge in [-0.3, -0.25) is 4.68 Å². The summed E-state index contributed by atoms with van der Waals surface area (Å²) in [7, 11) is 1.98. The number of anilines is 1. The fraction of sp³-hybridized carbons (Fsp3) is 0.438. The number of alkyl halides is 1. The maximum absolute atomic E-state index is 5.75. The second kappa shape index (κ2) is 7.85. The van der Waals surface area contributed by atoms with Crippen LogP contribution in [0.5, 0.6) is 0 Å². The fourth-order valence-electron chi connectivity index (χ4n) is 2.31. The molecule has 0 amide bonds. The first kappa shape index (κ1) is 16.4. The first-order valence-electron chi connectivity index (χ1n) is 7.24. The predicted octanol–water partition coefficient (Wildman–Crippen LogP) is 4.53. The van der Waals surface area contributed by atoms with Gasteiger partial charge in [-0.2, -0.15) is 5.10 Å². The number of hydrogen-bond acceptors (Lipinski definition) is 2. The molecule has 0 saturated carbocycles. The van der Waals surface area contributed by atoms with Crippen LogP contribution in [-0.4, -0.2) is 15.7 Å². The van der Waals surface area contributed by atoms with Crippen LogP contribution in [0.1, 0.15) is 30.3 Å². The summed E-state index contributed by atoms with van der Waals surface area (Å²) in [6.45, 7) is 2.87. The third-order valence-corrected chi connectivity index (χ3v) is 4.67. The zero-order valence-electron chi connectivity index (χ0n) is 12.5. The van der Waals surface area contributed by atoms with E-state index in [2.05, 4.69) is 57.5 Å². The lowest BCUT2D eigenvalue weighted by Gasteiger charge is -2.09. The van der Waals surface area contributed by atoms with Gasteiger partial charge in [0.2, 0.25) is 0 Å². The van der Waals surface area contributed by atoms with Crippen molar-refractivity contribution in [2.24, 2.45) is 7.05 Å². The van der Waals surface area contributed by atoms with E-state index in [1.165, 1.54) is 5.56 Å². The fourth-order valence-corrected chi connectivity index (χ4v) is 3.20. The van der Waals surface area contributed by atoms with Crippen molar-refractivity contribution in [3.05, 3.63) is 45.7 Å². The van der Waals surface area contributed by atoms with Gasteiger partial charge in [0.15, 0.2) is 0 Å². The van der Waals surface area contributed by atoms with E-state index in [1.54, 1.807) is 0 Å². The Morgan fingerprint density at radius 1 is 1.38 bits per heavy atom. The molecule has 0 fully saturated rings. The molecule has 2 aromatic rings. The van der Waals surface area contributed by atoms with Gasteiger partial charge >= 0.3 is 0 Å². The highest BCUT2D eigenvalue weighted by molar-refractivity contribution is 9.10. The minimum absolute atomic E-state index is 0.708. The number of aryl methyl sites for hydroxylation is 3. The van der Waals surface area contributed by atoms with E-state index in [9.17, 15) is 0 Å². The first-order valence-corrected chi connectivity index (χ1v) is 8.57. The molecule has 0 atom stereocenters. The SMILES string of the molecule is CCc1nn(C)c(CNc2cccc(CCCCl)c2)c1Br. The molecule has 5 heteroatoms. The van der Waals surface area contributed by atoms with E-state index in [1.807, 2.05) is 11.7 Å². The number of rotatable bonds is 7. The average molecular weight is 371 g/mol. The molecule has 21 heavy (non-hydrogen) atoms. The quantitative estimate of drug-likeness (QED) is 0.726. The smallest absolute Gasteiger partial charge is 0.0767 e. The van der Waals surface area contributed by atoms with E-state index >= 15 is 0 Å². The van der Waals surface area contributed by atoms with Crippen LogP contribution in [0.25, 0.3) is 0 Å². The lowest BCUT2D eigenvalue weighted by molar-refractivity contribution is 0.706. The molecule has 1 aromatic heterocycles. The van der Waals surface area contributed by atoms with Gasteiger partial charge in [0.05, 0.1) is 22.4 Å². The number of aromatic nitrogens is 2. The minimum atomic E-state index is 0.708. The van der Waals surface area contributed by atoms with E-state index < -0.39 is 0 Å². The number of hydrogen-bond donors (Lipinski definition) is 1. The summed E-state index contributed by atoms with van der Waals surface area (Å²) in [5, 5.41) is 7.99. The largest absolute Gasteiger partial charge is 0.379 e. The summed E-state index contributed by atoms with van der Waals surface area (Å²) >= 11 is 9.40. The lowest BCUT2D eigenvalue weighted by atomic mass is 10.1. The molecule has 0 radical (unpaired) electrons. The van der Waals surface area contributed by atoms with Crippen LogP contribution in [0.2, 0.25) is 0 Å². The number of nitrogens with zero attached hydrogens (tertiary/aromatic N) is 2. The Hall–Kier alpha value is -1.000. The molecule has 0 saturated heterocycles. The van der Waals surface area contributed by atoms with E-state index in [0.29, 0.717) is 5.88 Å². The van der Waals surface area contributed by atoms with E-state index in [0.717, 1.165) is 47.4 Å². The van der Waals surface area contributed by atoms with Crippen molar-refractivity contribution >= 4 is 33.2 Å². The Bertz CT molecular complexity index is 595. The van der Waals surface area contributed by atoms with Gasteiger partial charge in [-0.05, 0) is 52.9 Å². The third-order valence-electron chi connectivity index (χ3n) is 3.49. The summed E-state index contributed by atoms with van der Waals surface area (Å²) in [6, 6.07) is 8.52. The van der Waals surface area contributed by atoms with Crippen molar-refractivity contribution in [2.45, 2.75) is 32.7 Å². The van der Waals surface area contributed by atoms with Gasteiger partial charge in [0, 0.05) is 18.6 Å². The van der Waals surface area contributed by atoms with Crippen LogP contribution >= 0.6 is 27.5 Å². The van der Waals surface area contributed by atoms with Crippen molar-refractivity contribution in [3.63, 3.8) is 0 Å². The van der Waals surface area contributed by atoms with Crippen LogP contribution in [-0.2, 0) is 26.4 Å². The Morgan fingerprint density at radius 3 is 2.86 bits per heavy atom. The van der Waals surface area contributed by atoms with E-state index in [4.69, 9.17) is 11.6 Å². The molecular formula is C16H21BrClN3. The van der Waals surface area contributed by atoms with Crippen LogP contribution < -0.4 is 5.32 Å². The topological polar surface area (TPSA) is 29.9 Å². The number of halogens is 2. The summed E-state index contributed by atoms with van der Waals surface area (Å²) in [4.78, 5) is 0. The first-order chi connectivity index (χ1) is 10.2. The molecule has 0 spiro atoms. The lowest BCUT2D eigenvalue weighted by Crippen LogP contribution is -2.06. The minimum Gasteiger partial charge on any atom is -0.379 e. The standard InChI is InChI=1S/C16H21BrClN3/c1-3-14-16(17)15(21(2)20-14)11-19-13-8-4-6-12(10-13)7-5-9-18/h4,6,8,10,19H,3,5,7,9,11H2,1-2H3. The zero-order valence-corrected chi connectivity index (χ0v) is 14.8. The predicted molar refractivity (Wildman–Crippen MR) is 93.1 cm³/mol. The monoisotopic (exact) mass is 369 g/mol. The second-order valence-corrected chi connectivity index (χ2v) is 6.20. The van der Waals surface area contributed by atoms with Gasteiger partial charge in [0.1, 0.15) is 0 Å². The molecule has 0 bridgehead atoms. The van der Waals surface area contributed by atoms with Crippen molar-refractivity contribution in [2.75, 3.05) is 11.2 Å². The molecular weight excluding hydrogens is 350 g/mol. The number of nitrogens with one attached hydrogen (secondary N) is 1. The summed E-state index contributed by atoms with van der Waals surface area (Å²) in [6.07, 6.45) is 2.97. The summed E-state index contributed by atoms with van der Waals surface area (Å²) < 4.78 is 3.05. The molecule has 114 valence electrons. The van der Waals surface area contributed by atoms with Gasteiger partial charge in [-0.1, -0.05) is 19.1 Å². The van der Waals surface area contributed by atoms with Gasteiger partial charge < -0.3 is 5.32 Å².